The molecule has 0 aromatic carbocycles. The summed E-state index contributed by atoms with van der Waals surface area (Å²) in [6, 6.07) is 6.11. The molecule has 0 aliphatic rings. The van der Waals surface area contributed by atoms with Gasteiger partial charge in [0.1, 0.15) is 5.65 Å². The molecule has 0 saturated heterocycles. The Morgan fingerprint density at radius 3 is 3.00 bits per heavy atom. The second-order valence-corrected chi connectivity index (χ2v) is 4.73. The molecule has 3 nitrogen and oxygen atoms in total. The van der Waals surface area contributed by atoms with E-state index < -0.39 is 0 Å². The second kappa shape index (κ2) is 3.35. The van der Waals surface area contributed by atoms with E-state index in [-0.39, 0.29) is 0 Å². The molecule has 3 N–H and O–H groups in total. The number of fused-ring (bicyclic) bond motifs is 1. The summed E-state index contributed by atoms with van der Waals surface area (Å²) in [5, 5.41) is 4.05. The van der Waals surface area contributed by atoms with Gasteiger partial charge in [-0.3, -0.25) is 0 Å². The summed E-state index contributed by atoms with van der Waals surface area (Å²) in [6.07, 6.45) is 1.98. The highest BCUT2D eigenvalue weighted by Gasteiger charge is 2.08. The highest BCUT2D eigenvalue weighted by molar-refractivity contribution is 7.14. The summed E-state index contributed by atoms with van der Waals surface area (Å²) in [4.78, 5) is 7.63. The third-order valence-electron chi connectivity index (χ3n) is 2.61. The van der Waals surface area contributed by atoms with Crippen LogP contribution in [0.15, 0.2) is 29.8 Å². The van der Waals surface area contributed by atoms with Gasteiger partial charge in [-0.2, -0.15) is 0 Å². The van der Waals surface area contributed by atoms with Crippen LogP contribution in [0.3, 0.4) is 0 Å². The Labute approximate surface area is 96.9 Å². The molecule has 0 radical (unpaired) electrons. The van der Waals surface area contributed by atoms with Gasteiger partial charge in [-0.1, -0.05) is 0 Å². The number of thiophene rings is 1. The van der Waals surface area contributed by atoms with E-state index in [2.05, 4.69) is 21.4 Å². The minimum atomic E-state index is 0.837. The third kappa shape index (κ3) is 1.39. The monoisotopic (exact) mass is 229 g/mol. The lowest BCUT2D eigenvalue weighted by atomic mass is 10.1. The third-order valence-corrected chi connectivity index (χ3v) is 3.37. The standard InChI is InChI=1S/C12H11N3S/c1-7-2-3-9-10(5-14-12(9)15-7)8-4-11(13)16-6-8/h2-6H,13H2,1H3,(H,14,15). The van der Waals surface area contributed by atoms with Gasteiger partial charge in [0.15, 0.2) is 0 Å². The maximum Gasteiger partial charge on any atom is 0.138 e. The van der Waals surface area contributed by atoms with E-state index in [9.17, 15) is 0 Å². The highest BCUT2D eigenvalue weighted by atomic mass is 32.1. The minimum absolute atomic E-state index is 0.837. The molecule has 3 aromatic heterocycles. The Hall–Kier alpha value is -1.81. The zero-order valence-electron chi connectivity index (χ0n) is 8.82. The topological polar surface area (TPSA) is 54.7 Å². The Bertz CT molecular complexity index is 651. The number of anilines is 1. The maximum absolute atomic E-state index is 5.75. The Morgan fingerprint density at radius 2 is 2.25 bits per heavy atom. The SMILES string of the molecule is Cc1ccc2c(-c3csc(N)c3)c[nH]c2n1. The van der Waals surface area contributed by atoms with Crippen molar-refractivity contribution in [3.63, 3.8) is 0 Å². The van der Waals surface area contributed by atoms with Crippen LogP contribution < -0.4 is 5.73 Å². The number of nitrogens with one attached hydrogen (secondary N) is 1. The molecular weight excluding hydrogens is 218 g/mol. The number of hydrogen-bond acceptors (Lipinski definition) is 3. The van der Waals surface area contributed by atoms with Crippen molar-refractivity contribution >= 4 is 27.4 Å². The van der Waals surface area contributed by atoms with Gasteiger partial charge in [-0.25, -0.2) is 4.98 Å². The minimum Gasteiger partial charge on any atom is -0.391 e. The van der Waals surface area contributed by atoms with Gasteiger partial charge in [0.25, 0.3) is 0 Å². The number of aromatic amines is 1. The number of nitrogen functional groups attached to an aromatic ring is 1. The molecule has 0 aliphatic heterocycles. The summed E-state index contributed by atoms with van der Waals surface area (Å²) >= 11 is 1.56. The summed E-state index contributed by atoms with van der Waals surface area (Å²) < 4.78 is 0. The summed E-state index contributed by atoms with van der Waals surface area (Å²) in [6.45, 7) is 1.99. The first-order valence-electron chi connectivity index (χ1n) is 5.03. The average Bonchev–Trinajstić information content (AvgIpc) is 2.83. The predicted molar refractivity (Wildman–Crippen MR) is 68.6 cm³/mol. The van der Waals surface area contributed by atoms with E-state index in [1.165, 1.54) is 0 Å². The van der Waals surface area contributed by atoms with E-state index in [4.69, 9.17) is 5.73 Å². The van der Waals surface area contributed by atoms with Crippen molar-refractivity contribution in [2.75, 3.05) is 5.73 Å². The van der Waals surface area contributed by atoms with Crippen LogP contribution in [0.1, 0.15) is 5.69 Å². The molecule has 0 amide bonds. The van der Waals surface area contributed by atoms with E-state index in [1.54, 1.807) is 11.3 Å². The van der Waals surface area contributed by atoms with Crippen molar-refractivity contribution in [1.82, 2.24) is 9.97 Å². The second-order valence-electron chi connectivity index (χ2n) is 3.79. The summed E-state index contributed by atoms with van der Waals surface area (Å²) in [5.41, 5.74) is 10.0. The fourth-order valence-electron chi connectivity index (χ4n) is 1.84. The molecule has 4 heteroatoms. The van der Waals surface area contributed by atoms with Crippen molar-refractivity contribution in [1.29, 1.82) is 0 Å². The molecule has 80 valence electrons. The number of nitrogens with two attached hydrogens (primary N) is 1. The quantitative estimate of drug-likeness (QED) is 0.673. The fourth-order valence-corrected chi connectivity index (χ4v) is 2.49. The molecule has 3 aromatic rings. The van der Waals surface area contributed by atoms with Crippen molar-refractivity contribution in [3.8, 4) is 11.1 Å². The smallest absolute Gasteiger partial charge is 0.138 e. The van der Waals surface area contributed by atoms with Crippen LogP contribution in [0.5, 0.6) is 0 Å². The molecule has 0 saturated carbocycles. The van der Waals surface area contributed by atoms with E-state index in [0.29, 0.717) is 0 Å². The van der Waals surface area contributed by atoms with Crippen LogP contribution in [-0.2, 0) is 0 Å². The van der Waals surface area contributed by atoms with Crippen LogP contribution in [0.4, 0.5) is 5.00 Å². The maximum atomic E-state index is 5.75. The first-order valence-corrected chi connectivity index (χ1v) is 5.91. The highest BCUT2D eigenvalue weighted by Crippen LogP contribution is 2.32. The Balaban J connectivity index is 2.25. The number of H-pyrrole nitrogens is 1. The van der Waals surface area contributed by atoms with E-state index in [1.807, 2.05) is 25.3 Å². The lowest BCUT2D eigenvalue weighted by Crippen LogP contribution is -1.80. The van der Waals surface area contributed by atoms with Gasteiger partial charge in [-0.05, 0) is 30.7 Å². The predicted octanol–water partition coefficient (Wildman–Crippen LogP) is 3.18. The van der Waals surface area contributed by atoms with Gasteiger partial charge in [0.05, 0.1) is 5.00 Å². The van der Waals surface area contributed by atoms with Crippen LogP contribution in [0.2, 0.25) is 0 Å². The number of pyridine rings is 1. The van der Waals surface area contributed by atoms with E-state index >= 15 is 0 Å². The van der Waals surface area contributed by atoms with Gasteiger partial charge < -0.3 is 10.7 Å². The number of aromatic nitrogens is 2. The molecule has 0 atom stereocenters. The molecule has 0 spiro atoms. The van der Waals surface area contributed by atoms with Gasteiger partial charge in [0.2, 0.25) is 0 Å². The number of rotatable bonds is 1. The lowest BCUT2D eigenvalue weighted by Gasteiger charge is -1.95. The molecule has 0 unspecified atom stereocenters. The summed E-state index contributed by atoms with van der Waals surface area (Å²) in [7, 11) is 0. The number of nitrogens with zero attached hydrogens (tertiary/aromatic N) is 1. The van der Waals surface area contributed by atoms with Crippen LogP contribution in [0, 0.1) is 6.92 Å². The normalized spacial score (nSPS) is 11.1. The van der Waals surface area contributed by atoms with Crippen LogP contribution >= 0.6 is 11.3 Å². The molecule has 3 heterocycles. The Kier molecular flexibility index (Phi) is 1.97. The van der Waals surface area contributed by atoms with Crippen molar-refractivity contribution in [2.24, 2.45) is 0 Å². The van der Waals surface area contributed by atoms with Gasteiger partial charge in [0, 0.05) is 28.2 Å². The number of aryl methyl sites for hydroxylation is 1. The average molecular weight is 229 g/mol. The molecule has 3 rings (SSSR count). The Morgan fingerprint density at radius 1 is 1.38 bits per heavy atom. The zero-order valence-corrected chi connectivity index (χ0v) is 9.64. The van der Waals surface area contributed by atoms with Crippen molar-refractivity contribution < 1.29 is 0 Å². The molecule has 0 fully saturated rings. The summed E-state index contributed by atoms with van der Waals surface area (Å²) in [5.74, 6) is 0. The zero-order chi connectivity index (χ0) is 11.1. The van der Waals surface area contributed by atoms with Gasteiger partial charge in [-0.15, -0.1) is 11.3 Å². The van der Waals surface area contributed by atoms with E-state index in [0.717, 1.165) is 32.9 Å². The first kappa shape index (κ1) is 9.42. The van der Waals surface area contributed by atoms with Crippen LogP contribution in [-0.4, -0.2) is 9.97 Å². The number of hydrogen-bond donors (Lipinski definition) is 2. The molecule has 0 aliphatic carbocycles. The van der Waals surface area contributed by atoms with Crippen molar-refractivity contribution in [3.05, 3.63) is 35.5 Å². The lowest BCUT2D eigenvalue weighted by molar-refractivity contribution is 1.22. The molecular formula is C12H11N3S. The van der Waals surface area contributed by atoms with Crippen molar-refractivity contribution in [2.45, 2.75) is 6.92 Å². The largest absolute Gasteiger partial charge is 0.391 e. The molecule has 16 heavy (non-hydrogen) atoms. The fraction of sp³-hybridized carbons (Fsp3) is 0.0833. The van der Waals surface area contributed by atoms with Gasteiger partial charge >= 0.3 is 0 Å². The first-order chi connectivity index (χ1) is 7.74. The van der Waals surface area contributed by atoms with Crippen LogP contribution in [0.25, 0.3) is 22.2 Å². The molecule has 0 bridgehead atoms.